The number of halogens is 1. The van der Waals surface area contributed by atoms with Gasteiger partial charge in [0.15, 0.2) is 5.03 Å². The molecule has 1 aromatic heterocycles. The van der Waals surface area contributed by atoms with Crippen LogP contribution in [0.25, 0.3) is 10.9 Å². The molecule has 0 bridgehead atoms. The van der Waals surface area contributed by atoms with Crippen LogP contribution in [-0.2, 0) is 21.8 Å². The van der Waals surface area contributed by atoms with Crippen LogP contribution in [0, 0.1) is 0 Å². The van der Waals surface area contributed by atoms with Crippen molar-refractivity contribution in [3.05, 3.63) is 29.3 Å². The quantitative estimate of drug-likeness (QED) is 0.758. The van der Waals surface area contributed by atoms with Crippen molar-refractivity contribution in [3.8, 4) is 0 Å². The van der Waals surface area contributed by atoms with Crippen molar-refractivity contribution in [1.29, 1.82) is 0 Å². The molecule has 0 saturated carbocycles. The van der Waals surface area contributed by atoms with Gasteiger partial charge in [-0.2, -0.15) is 4.31 Å². The van der Waals surface area contributed by atoms with Crippen LogP contribution in [0.5, 0.6) is 0 Å². The van der Waals surface area contributed by atoms with Crippen LogP contribution in [0.3, 0.4) is 0 Å². The van der Waals surface area contributed by atoms with E-state index in [1.165, 1.54) is 4.31 Å². The summed E-state index contributed by atoms with van der Waals surface area (Å²) in [4.78, 5) is 13.7. The summed E-state index contributed by atoms with van der Waals surface area (Å²) in [6.45, 7) is 6.45. The van der Waals surface area contributed by atoms with Crippen molar-refractivity contribution in [2.24, 2.45) is 7.05 Å². The molecule has 0 spiro atoms. The van der Waals surface area contributed by atoms with Crippen LogP contribution in [0.2, 0.25) is 5.02 Å². The third-order valence-corrected chi connectivity index (χ3v) is 6.66. The lowest BCUT2D eigenvalue weighted by Gasteiger charge is -2.34. The smallest absolute Gasteiger partial charge is 0.410 e. The monoisotopic (exact) mass is 413 g/mol. The van der Waals surface area contributed by atoms with Gasteiger partial charge in [0, 0.05) is 49.2 Å². The highest BCUT2D eigenvalue weighted by Gasteiger charge is 2.33. The lowest BCUT2D eigenvalue weighted by Crippen LogP contribution is -2.51. The van der Waals surface area contributed by atoms with Crippen molar-refractivity contribution in [3.63, 3.8) is 0 Å². The second-order valence-electron chi connectivity index (χ2n) is 7.62. The highest BCUT2D eigenvalue weighted by Crippen LogP contribution is 2.27. The van der Waals surface area contributed by atoms with E-state index in [2.05, 4.69) is 0 Å². The van der Waals surface area contributed by atoms with Gasteiger partial charge in [-0.15, -0.1) is 0 Å². The van der Waals surface area contributed by atoms with Crippen molar-refractivity contribution < 1.29 is 17.9 Å². The van der Waals surface area contributed by atoms with E-state index in [9.17, 15) is 13.2 Å². The molecule has 1 saturated heterocycles. The standard InChI is InChI=1S/C18H24ClN3O4S/c1-18(2,3)26-17(23)21-7-9-22(10-8-21)27(24,25)16-12-13-11-14(19)5-6-15(13)20(16)4/h5-6,11-12H,7-10H2,1-4H3. The molecule has 1 aliphatic heterocycles. The molecule has 148 valence electrons. The summed E-state index contributed by atoms with van der Waals surface area (Å²) in [5, 5.41) is 1.55. The molecule has 1 fully saturated rings. The third-order valence-electron chi connectivity index (χ3n) is 4.46. The second kappa shape index (κ2) is 7.00. The van der Waals surface area contributed by atoms with Crippen LogP contribution in [0.1, 0.15) is 20.8 Å². The molecule has 1 aromatic carbocycles. The van der Waals surface area contributed by atoms with Gasteiger partial charge in [0.2, 0.25) is 0 Å². The summed E-state index contributed by atoms with van der Waals surface area (Å²) in [5.74, 6) is 0. The van der Waals surface area contributed by atoms with Crippen LogP contribution < -0.4 is 0 Å². The summed E-state index contributed by atoms with van der Waals surface area (Å²) < 4.78 is 34.6. The minimum absolute atomic E-state index is 0.213. The first kappa shape index (κ1) is 20.0. The molecule has 0 unspecified atom stereocenters. The Kier molecular flexibility index (Phi) is 5.18. The SMILES string of the molecule is Cn1c(S(=O)(=O)N2CCN(C(=O)OC(C)(C)C)CC2)cc2cc(Cl)ccc21. The van der Waals surface area contributed by atoms with Crippen LogP contribution >= 0.6 is 11.6 Å². The Balaban J connectivity index is 1.78. The van der Waals surface area contributed by atoms with Gasteiger partial charge >= 0.3 is 6.09 Å². The van der Waals surface area contributed by atoms with Crippen LogP contribution in [0.4, 0.5) is 4.79 Å². The maximum Gasteiger partial charge on any atom is 0.410 e. The number of amides is 1. The van der Waals surface area contributed by atoms with Crippen molar-refractivity contribution in [2.45, 2.75) is 31.4 Å². The maximum atomic E-state index is 13.1. The summed E-state index contributed by atoms with van der Waals surface area (Å²) in [6.07, 6.45) is -0.418. The largest absolute Gasteiger partial charge is 0.444 e. The molecule has 0 N–H and O–H groups in total. The zero-order valence-corrected chi connectivity index (χ0v) is 17.5. The molecule has 0 atom stereocenters. The van der Waals surface area contributed by atoms with Gasteiger partial charge in [-0.3, -0.25) is 0 Å². The molecule has 1 amide bonds. The van der Waals surface area contributed by atoms with Crippen molar-refractivity contribution in [1.82, 2.24) is 13.8 Å². The average molecular weight is 414 g/mol. The normalized spacial score (nSPS) is 16.7. The first-order valence-electron chi connectivity index (χ1n) is 8.72. The third kappa shape index (κ3) is 4.07. The van der Waals surface area contributed by atoms with E-state index < -0.39 is 21.7 Å². The first-order chi connectivity index (χ1) is 12.5. The predicted molar refractivity (Wildman–Crippen MR) is 104 cm³/mol. The first-order valence-corrected chi connectivity index (χ1v) is 10.5. The fourth-order valence-electron chi connectivity index (χ4n) is 3.11. The van der Waals surface area contributed by atoms with Gasteiger partial charge in [0.1, 0.15) is 5.60 Å². The maximum absolute atomic E-state index is 13.1. The molecular formula is C18H24ClN3O4S. The number of benzene rings is 1. The molecule has 27 heavy (non-hydrogen) atoms. The number of rotatable bonds is 2. The molecule has 9 heteroatoms. The number of piperazine rings is 1. The summed E-state index contributed by atoms with van der Waals surface area (Å²) >= 11 is 6.02. The Bertz CT molecular complexity index is 970. The van der Waals surface area contributed by atoms with Crippen LogP contribution in [-0.4, -0.2) is 60.1 Å². The fraction of sp³-hybridized carbons (Fsp3) is 0.500. The van der Waals surface area contributed by atoms with E-state index >= 15 is 0 Å². The number of sulfonamides is 1. The Morgan fingerprint density at radius 1 is 1.11 bits per heavy atom. The lowest BCUT2D eigenvalue weighted by atomic mass is 10.2. The number of hydrogen-bond acceptors (Lipinski definition) is 4. The van der Waals surface area contributed by atoms with Gasteiger partial charge in [0.25, 0.3) is 10.0 Å². The number of hydrogen-bond donors (Lipinski definition) is 0. The summed E-state index contributed by atoms with van der Waals surface area (Å²) in [5.41, 5.74) is 0.218. The number of ether oxygens (including phenoxy) is 1. The van der Waals surface area contributed by atoms with E-state index in [0.29, 0.717) is 18.1 Å². The minimum atomic E-state index is -3.68. The molecular weight excluding hydrogens is 390 g/mol. The topological polar surface area (TPSA) is 71.9 Å². The molecule has 7 nitrogen and oxygen atoms in total. The van der Waals surface area contributed by atoms with Crippen molar-refractivity contribution in [2.75, 3.05) is 26.2 Å². The summed E-state index contributed by atoms with van der Waals surface area (Å²) in [7, 11) is -1.95. The number of carbonyl (C=O) groups excluding carboxylic acids is 1. The zero-order chi connectivity index (χ0) is 20.0. The second-order valence-corrected chi connectivity index (χ2v) is 9.94. The molecule has 0 aliphatic carbocycles. The van der Waals surface area contributed by atoms with E-state index in [1.54, 1.807) is 61.6 Å². The highest BCUT2D eigenvalue weighted by molar-refractivity contribution is 7.89. The van der Waals surface area contributed by atoms with Gasteiger partial charge in [-0.05, 0) is 45.0 Å². The Hall–Kier alpha value is -1.77. The highest BCUT2D eigenvalue weighted by atomic mass is 35.5. The van der Waals surface area contributed by atoms with E-state index in [4.69, 9.17) is 16.3 Å². The van der Waals surface area contributed by atoms with E-state index in [1.807, 2.05) is 0 Å². The van der Waals surface area contributed by atoms with Gasteiger partial charge in [-0.25, -0.2) is 13.2 Å². The van der Waals surface area contributed by atoms with Crippen molar-refractivity contribution >= 4 is 38.6 Å². The molecule has 2 heterocycles. The predicted octanol–water partition coefficient (Wildman–Crippen LogP) is 3.07. The minimum Gasteiger partial charge on any atom is -0.444 e. The molecule has 2 aromatic rings. The van der Waals surface area contributed by atoms with E-state index in [0.717, 1.165) is 10.9 Å². The van der Waals surface area contributed by atoms with E-state index in [-0.39, 0.29) is 18.1 Å². The fourth-order valence-corrected chi connectivity index (χ4v) is 4.92. The van der Waals surface area contributed by atoms with Gasteiger partial charge in [0.05, 0.1) is 0 Å². The Morgan fingerprint density at radius 2 is 1.74 bits per heavy atom. The Labute approximate surface area is 164 Å². The van der Waals surface area contributed by atoms with Gasteiger partial charge in [-0.1, -0.05) is 11.6 Å². The van der Waals surface area contributed by atoms with Gasteiger partial charge < -0.3 is 14.2 Å². The summed E-state index contributed by atoms with van der Waals surface area (Å²) in [6, 6.07) is 6.92. The molecule has 1 aliphatic rings. The zero-order valence-electron chi connectivity index (χ0n) is 15.9. The number of nitrogens with zero attached hydrogens (tertiary/aromatic N) is 3. The average Bonchev–Trinajstić information content (AvgIpc) is 2.90. The van der Waals surface area contributed by atoms with Crippen LogP contribution in [0.15, 0.2) is 29.3 Å². The number of aromatic nitrogens is 1. The lowest BCUT2D eigenvalue weighted by molar-refractivity contribution is 0.0192. The molecule has 0 radical (unpaired) electrons. The number of fused-ring (bicyclic) bond motifs is 1. The number of carbonyl (C=O) groups is 1. The molecule has 3 rings (SSSR count). The Morgan fingerprint density at radius 3 is 2.33 bits per heavy atom. The number of aryl methyl sites for hydroxylation is 1.